The van der Waals surface area contributed by atoms with Crippen LogP contribution >= 0.6 is 11.9 Å². The Morgan fingerprint density at radius 2 is 2.00 bits per heavy atom. The van der Waals surface area contributed by atoms with Crippen molar-refractivity contribution in [2.45, 2.75) is 31.6 Å². The topological polar surface area (TPSA) is 110 Å². The fourth-order valence-electron chi connectivity index (χ4n) is 0.981. The van der Waals surface area contributed by atoms with Gasteiger partial charge in [0.15, 0.2) is 0 Å². The van der Waals surface area contributed by atoms with Crippen molar-refractivity contribution < 1.29 is 19.0 Å². The number of carbonyl (C=O) groups excluding carboxylic acids is 1. The lowest BCUT2D eigenvalue weighted by Crippen LogP contribution is -2.52. The van der Waals surface area contributed by atoms with Crippen LogP contribution in [0, 0.1) is 10.1 Å². The molecule has 15 heavy (non-hydrogen) atoms. The van der Waals surface area contributed by atoms with E-state index in [4.69, 9.17) is 5.11 Å². The number of hydrogen-bond acceptors (Lipinski definition) is 5. The van der Waals surface area contributed by atoms with Gasteiger partial charge >= 0.3 is 5.97 Å². The summed E-state index contributed by atoms with van der Waals surface area (Å²) in [5.74, 6) is -1.84. The number of rotatable bonds is 5. The van der Waals surface area contributed by atoms with Crippen LogP contribution in [-0.4, -0.2) is 32.1 Å². The van der Waals surface area contributed by atoms with E-state index in [0.717, 1.165) is 6.92 Å². The molecule has 0 heterocycles. The summed E-state index contributed by atoms with van der Waals surface area (Å²) in [6.07, 6.45) is 0. The van der Waals surface area contributed by atoms with Gasteiger partial charge in [-0.25, -0.2) is 4.79 Å². The van der Waals surface area contributed by atoms with Crippen molar-refractivity contribution in [1.82, 2.24) is 5.32 Å². The minimum atomic E-state index is -1.30. The maximum absolute atomic E-state index is 10.8. The van der Waals surface area contributed by atoms with Gasteiger partial charge in [0.05, 0.1) is 0 Å². The molecular formula is C7H12N2O5S. The lowest BCUT2D eigenvalue weighted by Gasteiger charge is -2.25. The molecule has 8 heteroatoms. The highest BCUT2D eigenvalue weighted by molar-refractivity contribution is 7.94. The average molecular weight is 236 g/mol. The van der Waals surface area contributed by atoms with E-state index in [-0.39, 0.29) is 11.9 Å². The van der Waals surface area contributed by atoms with Gasteiger partial charge in [0, 0.05) is 6.92 Å². The Hall–Kier alpha value is -1.31. The van der Waals surface area contributed by atoms with Gasteiger partial charge in [-0.3, -0.25) is 14.9 Å². The molecule has 0 aliphatic heterocycles. The number of carboxylic acids is 1. The standard InChI is InChI=1S/C7H12N2O5S/c1-4(10)8-5(6(11)12)7(2,3)15-9(13)14/h5H,1-3H3,(H,8,10)(H,11,12)/t5-/m0/s1. The van der Waals surface area contributed by atoms with Gasteiger partial charge in [-0.1, -0.05) is 0 Å². The SMILES string of the molecule is CC(=O)N[C@@H](C(=O)O)C(C)(C)S[N+](=O)[O-]. The Balaban J connectivity index is 4.80. The molecular weight excluding hydrogens is 224 g/mol. The van der Waals surface area contributed by atoms with Crippen molar-refractivity contribution in [3.63, 3.8) is 0 Å². The number of amides is 1. The van der Waals surface area contributed by atoms with Gasteiger partial charge in [-0.15, -0.1) is 0 Å². The second kappa shape index (κ2) is 4.96. The third kappa shape index (κ3) is 4.63. The molecule has 1 amide bonds. The van der Waals surface area contributed by atoms with Crippen molar-refractivity contribution in [2.24, 2.45) is 0 Å². The second-order valence-corrected chi connectivity index (χ2v) is 4.92. The molecule has 2 N–H and O–H groups in total. The maximum atomic E-state index is 10.8. The summed E-state index contributed by atoms with van der Waals surface area (Å²) in [5.41, 5.74) is 0. The second-order valence-electron chi connectivity index (χ2n) is 3.39. The van der Waals surface area contributed by atoms with Crippen molar-refractivity contribution in [3.05, 3.63) is 10.1 Å². The smallest absolute Gasteiger partial charge is 0.327 e. The highest BCUT2D eigenvalue weighted by atomic mass is 32.2. The minimum Gasteiger partial charge on any atom is -0.480 e. The molecule has 0 aromatic rings. The van der Waals surface area contributed by atoms with Crippen molar-refractivity contribution >= 4 is 23.8 Å². The molecule has 0 aromatic heterocycles. The summed E-state index contributed by atoms with van der Waals surface area (Å²) in [6.45, 7) is 3.92. The summed E-state index contributed by atoms with van der Waals surface area (Å²) in [4.78, 5) is 31.8. The van der Waals surface area contributed by atoms with Crippen LogP contribution in [0.5, 0.6) is 0 Å². The van der Waals surface area contributed by atoms with Crippen LogP contribution < -0.4 is 5.32 Å². The average Bonchev–Trinajstić information content (AvgIpc) is 1.96. The molecule has 0 bridgehead atoms. The molecule has 1 atom stereocenters. The Kier molecular flexibility index (Phi) is 4.53. The molecule has 0 spiro atoms. The van der Waals surface area contributed by atoms with E-state index in [1.54, 1.807) is 0 Å². The largest absolute Gasteiger partial charge is 0.480 e. The van der Waals surface area contributed by atoms with Gasteiger partial charge < -0.3 is 10.4 Å². The predicted octanol–water partition coefficient (Wildman–Crippen LogP) is 0.279. The monoisotopic (exact) mass is 236 g/mol. The lowest BCUT2D eigenvalue weighted by atomic mass is 10.0. The minimum absolute atomic E-state index is 0.262. The Morgan fingerprint density at radius 1 is 1.53 bits per heavy atom. The molecule has 0 saturated carbocycles. The first kappa shape index (κ1) is 13.7. The summed E-state index contributed by atoms with van der Waals surface area (Å²) >= 11 is 0.262. The van der Waals surface area contributed by atoms with E-state index in [0.29, 0.717) is 0 Å². The number of nitro groups is 1. The summed E-state index contributed by atoms with van der Waals surface area (Å²) in [7, 11) is 0. The normalized spacial score (nSPS) is 13.0. The third-order valence-corrected chi connectivity index (χ3v) is 2.45. The van der Waals surface area contributed by atoms with Crippen LogP contribution in [-0.2, 0) is 9.59 Å². The van der Waals surface area contributed by atoms with E-state index in [2.05, 4.69) is 5.32 Å². The van der Waals surface area contributed by atoms with E-state index in [1.807, 2.05) is 0 Å². The van der Waals surface area contributed by atoms with E-state index in [1.165, 1.54) is 13.8 Å². The van der Waals surface area contributed by atoms with E-state index in [9.17, 15) is 19.7 Å². The predicted molar refractivity (Wildman–Crippen MR) is 53.9 cm³/mol. The maximum Gasteiger partial charge on any atom is 0.327 e. The van der Waals surface area contributed by atoms with Gasteiger partial charge in [0.1, 0.15) is 15.1 Å². The molecule has 0 aromatic carbocycles. The summed E-state index contributed by atoms with van der Waals surface area (Å²) < 4.78 is -1.90. The zero-order valence-electron chi connectivity index (χ0n) is 8.51. The van der Waals surface area contributed by atoms with E-state index >= 15 is 0 Å². The highest BCUT2D eigenvalue weighted by Gasteiger charge is 2.42. The van der Waals surface area contributed by atoms with Crippen LogP contribution in [0.2, 0.25) is 0 Å². The Bertz CT molecular complexity index is 291. The molecule has 7 nitrogen and oxygen atoms in total. The molecule has 86 valence electrons. The zero-order chi connectivity index (χ0) is 12.2. The first-order valence-electron chi connectivity index (χ1n) is 4.00. The fourth-order valence-corrected chi connectivity index (χ4v) is 1.63. The van der Waals surface area contributed by atoms with Crippen LogP contribution in [0.15, 0.2) is 0 Å². The number of hydrogen-bond donors (Lipinski definition) is 2. The third-order valence-electron chi connectivity index (χ3n) is 1.60. The van der Waals surface area contributed by atoms with Crippen LogP contribution in [0.3, 0.4) is 0 Å². The summed E-state index contributed by atoms with van der Waals surface area (Å²) in [6, 6.07) is -1.30. The quantitative estimate of drug-likeness (QED) is 0.403. The fraction of sp³-hybridized carbons (Fsp3) is 0.714. The first-order chi connectivity index (χ1) is 6.66. The number of aliphatic carboxylic acids is 1. The Labute approximate surface area is 90.5 Å². The number of nitrogens with zero attached hydrogens (tertiary/aromatic N) is 1. The molecule has 0 rings (SSSR count). The van der Waals surface area contributed by atoms with Crippen molar-refractivity contribution in [1.29, 1.82) is 0 Å². The van der Waals surface area contributed by atoms with Crippen LogP contribution in [0.4, 0.5) is 0 Å². The van der Waals surface area contributed by atoms with Gasteiger partial charge in [0.25, 0.3) is 0 Å². The first-order valence-corrected chi connectivity index (χ1v) is 4.77. The molecule has 0 fully saturated rings. The van der Waals surface area contributed by atoms with Crippen molar-refractivity contribution in [3.8, 4) is 0 Å². The number of carbonyl (C=O) groups is 2. The molecule has 0 radical (unpaired) electrons. The molecule has 0 aliphatic rings. The Morgan fingerprint density at radius 3 is 2.27 bits per heavy atom. The molecule has 0 aliphatic carbocycles. The highest BCUT2D eigenvalue weighted by Crippen LogP contribution is 2.28. The number of nitrogens with one attached hydrogen (secondary N) is 1. The van der Waals surface area contributed by atoms with Crippen molar-refractivity contribution in [2.75, 3.05) is 0 Å². The van der Waals surface area contributed by atoms with Gasteiger partial charge in [0.2, 0.25) is 17.9 Å². The van der Waals surface area contributed by atoms with E-state index < -0.39 is 27.0 Å². The zero-order valence-corrected chi connectivity index (χ0v) is 9.33. The molecule has 0 saturated heterocycles. The van der Waals surface area contributed by atoms with Crippen LogP contribution in [0.25, 0.3) is 0 Å². The van der Waals surface area contributed by atoms with Crippen LogP contribution in [0.1, 0.15) is 20.8 Å². The lowest BCUT2D eigenvalue weighted by molar-refractivity contribution is -0.286. The number of carboxylic acid groups (broad SMARTS) is 1. The van der Waals surface area contributed by atoms with Gasteiger partial charge in [-0.05, 0) is 13.8 Å². The van der Waals surface area contributed by atoms with Gasteiger partial charge in [-0.2, -0.15) is 0 Å². The molecule has 0 unspecified atom stereocenters. The summed E-state index contributed by atoms with van der Waals surface area (Å²) in [5, 5.41) is 21.3.